The van der Waals surface area contributed by atoms with Crippen molar-refractivity contribution in [2.45, 2.75) is 32.9 Å². The van der Waals surface area contributed by atoms with Crippen molar-refractivity contribution in [3.8, 4) is 17.1 Å². The topological polar surface area (TPSA) is 70.2 Å². The minimum atomic E-state index is 0.127. The van der Waals surface area contributed by atoms with Gasteiger partial charge in [0.1, 0.15) is 23.6 Å². The van der Waals surface area contributed by atoms with Crippen LogP contribution in [0.15, 0.2) is 30.6 Å². The summed E-state index contributed by atoms with van der Waals surface area (Å²) in [5.41, 5.74) is 2.61. The molecule has 1 saturated heterocycles. The normalized spacial score (nSPS) is 18.4. The molecule has 7 heteroatoms. The molecule has 0 saturated carbocycles. The fourth-order valence-corrected chi connectivity index (χ4v) is 3.44. The summed E-state index contributed by atoms with van der Waals surface area (Å²) < 4.78 is 5.84. The van der Waals surface area contributed by atoms with Gasteiger partial charge in [-0.3, -0.25) is 5.10 Å². The van der Waals surface area contributed by atoms with E-state index < -0.39 is 0 Å². The summed E-state index contributed by atoms with van der Waals surface area (Å²) in [5.74, 6) is 1.79. The van der Waals surface area contributed by atoms with Gasteiger partial charge in [-0.15, -0.1) is 0 Å². The van der Waals surface area contributed by atoms with Crippen molar-refractivity contribution in [3.05, 3.63) is 30.6 Å². The molecule has 0 amide bonds. The van der Waals surface area contributed by atoms with Crippen molar-refractivity contribution < 1.29 is 4.74 Å². The number of likely N-dealkylation sites (N-methyl/N-ethyl adjacent to an activating group) is 1. The predicted octanol–water partition coefficient (Wildman–Crippen LogP) is 2.95. The lowest BCUT2D eigenvalue weighted by Crippen LogP contribution is -2.50. The third-order valence-electron chi connectivity index (χ3n) is 5.09. The molecule has 1 unspecified atom stereocenters. The quantitative estimate of drug-likeness (QED) is 0.766. The average Bonchev–Trinajstić information content (AvgIpc) is 3.07. The average molecular weight is 366 g/mol. The zero-order valence-electron chi connectivity index (χ0n) is 16.3. The molecule has 1 aromatic carbocycles. The van der Waals surface area contributed by atoms with E-state index in [2.05, 4.69) is 43.9 Å². The third kappa shape index (κ3) is 3.60. The van der Waals surface area contributed by atoms with E-state index in [1.54, 1.807) is 6.33 Å². The van der Waals surface area contributed by atoms with E-state index in [9.17, 15) is 0 Å². The Kier molecular flexibility index (Phi) is 4.70. The van der Waals surface area contributed by atoms with Crippen LogP contribution in [-0.4, -0.2) is 63.9 Å². The molecule has 142 valence electrons. The molecule has 3 aromatic rings. The summed E-state index contributed by atoms with van der Waals surface area (Å²) in [6.45, 7) is 9.24. The van der Waals surface area contributed by atoms with Crippen LogP contribution in [0, 0.1) is 0 Å². The molecular weight excluding hydrogens is 340 g/mol. The Morgan fingerprint density at radius 3 is 2.81 bits per heavy atom. The first-order valence-electron chi connectivity index (χ1n) is 9.43. The standard InChI is InChI=1S/C20H26N6O/c1-13(2)27-15-5-6-17-16(9-15)20(24-23-17)18-10-19(22-12-21-18)26-8-7-25(4)14(3)11-26/h5-6,9-10,12-14H,7-8,11H2,1-4H3,(H,23,24). The molecule has 0 bridgehead atoms. The summed E-state index contributed by atoms with van der Waals surface area (Å²) in [7, 11) is 2.17. The highest BCUT2D eigenvalue weighted by Gasteiger charge is 2.22. The number of anilines is 1. The van der Waals surface area contributed by atoms with Crippen molar-refractivity contribution in [1.29, 1.82) is 0 Å². The van der Waals surface area contributed by atoms with E-state index in [0.717, 1.165) is 53.5 Å². The zero-order valence-corrected chi connectivity index (χ0v) is 16.3. The lowest BCUT2D eigenvalue weighted by molar-refractivity contribution is 0.233. The highest BCUT2D eigenvalue weighted by atomic mass is 16.5. The van der Waals surface area contributed by atoms with Crippen LogP contribution in [0.5, 0.6) is 5.75 Å². The van der Waals surface area contributed by atoms with Gasteiger partial charge in [0.05, 0.1) is 17.3 Å². The van der Waals surface area contributed by atoms with Crippen LogP contribution in [0.3, 0.4) is 0 Å². The SMILES string of the molecule is CC(C)Oc1ccc2[nH]nc(-c3cc(N4CCN(C)C(C)C4)ncn3)c2c1. The van der Waals surface area contributed by atoms with Crippen LogP contribution in [0.1, 0.15) is 20.8 Å². The lowest BCUT2D eigenvalue weighted by atomic mass is 10.1. The molecular formula is C20H26N6O. The number of aromatic nitrogens is 4. The van der Waals surface area contributed by atoms with Gasteiger partial charge in [-0.1, -0.05) is 0 Å². The van der Waals surface area contributed by atoms with Gasteiger partial charge in [-0.25, -0.2) is 9.97 Å². The summed E-state index contributed by atoms with van der Waals surface area (Å²) in [6.07, 6.45) is 1.76. The highest BCUT2D eigenvalue weighted by molar-refractivity contribution is 5.93. The molecule has 0 radical (unpaired) electrons. The summed E-state index contributed by atoms with van der Waals surface area (Å²) in [4.78, 5) is 13.7. The monoisotopic (exact) mass is 366 g/mol. The molecule has 0 spiro atoms. The maximum absolute atomic E-state index is 5.84. The molecule has 1 aliphatic heterocycles. The molecule has 3 heterocycles. The number of hydrogen-bond donors (Lipinski definition) is 1. The van der Waals surface area contributed by atoms with Crippen molar-refractivity contribution in [3.63, 3.8) is 0 Å². The number of aromatic amines is 1. The number of nitrogens with zero attached hydrogens (tertiary/aromatic N) is 5. The van der Waals surface area contributed by atoms with E-state index in [-0.39, 0.29) is 6.10 Å². The first-order chi connectivity index (χ1) is 13.0. The number of hydrogen-bond acceptors (Lipinski definition) is 6. The molecule has 4 rings (SSSR count). The maximum atomic E-state index is 5.84. The zero-order chi connectivity index (χ0) is 19.0. The van der Waals surface area contributed by atoms with E-state index in [1.807, 2.05) is 38.1 Å². The molecule has 2 aromatic heterocycles. The fourth-order valence-electron chi connectivity index (χ4n) is 3.44. The Labute approximate surface area is 159 Å². The second-order valence-electron chi connectivity index (χ2n) is 7.48. The van der Waals surface area contributed by atoms with E-state index in [0.29, 0.717) is 6.04 Å². The van der Waals surface area contributed by atoms with Crippen molar-refractivity contribution >= 4 is 16.7 Å². The summed E-state index contributed by atoms with van der Waals surface area (Å²) >= 11 is 0. The molecule has 1 aliphatic rings. The van der Waals surface area contributed by atoms with Gasteiger partial charge < -0.3 is 14.5 Å². The van der Waals surface area contributed by atoms with Crippen LogP contribution in [0.2, 0.25) is 0 Å². The van der Waals surface area contributed by atoms with Crippen LogP contribution < -0.4 is 9.64 Å². The fraction of sp³-hybridized carbons (Fsp3) is 0.450. The van der Waals surface area contributed by atoms with Crippen molar-refractivity contribution in [1.82, 2.24) is 25.1 Å². The third-order valence-corrected chi connectivity index (χ3v) is 5.09. The van der Waals surface area contributed by atoms with E-state index >= 15 is 0 Å². The highest BCUT2D eigenvalue weighted by Crippen LogP contribution is 2.30. The van der Waals surface area contributed by atoms with E-state index in [4.69, 9.17) is 4.74 Å². The first kappa shape index (κ1) is 17.7. The number of fused-ring (bicyclic) bond motifs is 1. The van der Waals surface area contributed by atoms with Gasteiger partial charge in [0.15, 0.2) is 0 Å². The number of nitrogens with one attached hydrogen (secondary N) is 1. The van der Waals surface area contributed by atoms with Gasteiger partial charge in [0, 0.05) is 37.1 Å². The molecule has 1 N–H and O–H groups in total. The Hall–Kier alpha value is -2.67. The number of H-pyrrole nitrogens is 1. The van der Waals surface area contributed by atoms with Gasteiger partial charge in [-0.2, -0.15) is 5.10 Å². The first-order valence-corrected chi connectivity index (χ1v) is 9.43. The second kappa shape index (κ2) is 7.15. The van der Waals surface area contributed by atoms with Crippen LogP contribution in [-0.2, 0) is 0 Å². The van der Waals surface area contributed by atoms with Crippen LogP contribution in [0.25, 0.3) is 22.3 Å². The number of rotatable bonds is 4. The largest absolute Gasteiger partial charge is 0.491 e. The number of benzene rings is 1. The summed E-state index contributed by atoms with van der Waals surface area (Å²) in [6, 6.07) is 8.51. The van der Waals surface area contributed by atoms with Crippen LogP contribution >= 0.6 is 0 Å². The van der Waals surface area contributed by atoms with E-state index in [1.165, 1.54) is 0 Å². The summed E-state index contributed by atoms with van der Waals surface area (Å²) in [5, 5.41) is 8.60. The molecule has 0 aliphatic carbocycles. The second-order valence-corrected chi connectivity index (χ2v) is 7.48. The Balaban J connectivity index is 1.67. The Morgan fingerprint density at radius 2 is 2.04 bits per heavy atom. The molecule has 1 atom stereocenters. The van der Waals surface area contributed by atoms with Crippen molar-refractivity contribution in [2.24, 2.45) is 0 Å². The minimum Gasteiger partial charge on any atom is -0.491 e. The van der Waals surface area contributed by atoms with Crippen molar-refractivity contribution in [2.75, 3.05) is 31.6 Å². The molecule has 27 heavy (non-hydrogen) atoms. The number of ether oxygens (including phenoxy) is 1. The van der Waals surface area contributed by atoms with Gasteiger partial charge in [-0.05, 0) is 46.0 Å². The van der Waals surface area contributed by atoms with Gasteiger partial charge in [0.2, 0.25) is 0 Å². The molecule has 7 nitrogen and oxygen atoms in total. The Morgan fingerprint density at radius 1 is 1.19 bits per heavy atom. The molecule has 1 fully saturated rings. The lowest BCUT2D eigenvalue weighted by Gasteiger charge is -2.38. The number of piperazine rings is 1. The van der Waals surface area contributed by atoms with Gasteiger partial charge in [0.25, 0.3) is 0 Å². The predicted molar refractivity (Wildman–Crippen MR) is 107 cm³/mol. The minimum absolute atomic E-state index is 0.127. The smallest absolute Gasteiger partial charge is 0.132 e. The Bertz CT molecular complexity index is 937. The van der Waals surface area contributed by atoms with Crippen LogP contribution in [0.4, 0.5) is 5.82 Å². The maximum Gasteiger partial charge on any atom is 0.132 e. The van der Waals surface area contributed by atoms with Gasteiger partial charge >= 0.3 is 0 Å².